The predicted octanol–water partition coefficient (Wildman–Crippen LogP) is 2.75. The van der Waals surface area contributed by atoms with Crippen LogP contribution in [0.1, 0.15) is 52.6 Å². The molecule has 0 saturated carbocycles. The van der Waals surface area contributed by atoms with Gasteiger partial charge < -0.3 is 0 Å². The first-order valence-corrected chi connectivity index (χ1v) is 7.63. The smallest absolute Gasteiger partial charge is 0.281 e. The fourth-order valence-corrected chi connectivity index (χ4v) is 2.72. The number of hydrazone groups is 1. The number of amides is 1. The SMILES string of the molecule is CC(=NNC(=O)c1n[nH]c2c1CCCC2)c1ccc(C)cc1. The van der Waals surface area contributed by atoms with Gasteiger partial charge in [-0.15, -0.1) is 0 Å². The molecule has 0 atom stereocenters. The van der Waals surface area contributed by atoms with Crippen LogP contribution in [-0.4, -0.2) is 21.8 Å². The maximum atomic E-state index is 12.3. The number of aromatic nitrogens is 2. The number of carbonyl (C=O) groups excluding carboxylic acids is 1. The average molecular weight is 296 g/mol. The molecule has 0 unspecified atom stereocenters. The van der Waals surface area contributed by atoms with E-state index in [0.29, 0.717) is 5.69 Å². The lowest BCUT2D eigenvalue weighted by Gasteiger charge is -2.10. The summed E-state index contributed by atoms with van der Waals surface area (Å²) in [5.74, 6) is -0.245. The highest BCUT2D eigenvalue weighted by atomic mass is 16.2. The maximum Gasteiger partial charge on any atom is 0.292 e. The van der Waals surface area contributed by atoms with Crippen LogP contribution in [0.2, 0.25) is 0 Å². The molecular weight excluding hydrogens is 276 g/mol. The standard InChI is InChI=1S/C17H20N4O/c1-11-7-9-13(10-8-11)12(2)18-21-17(22)16-14-5-3-4-6-15(14)19-20-16/h7-10H,3-6H2,1-2H3,(H,19,20)(H,21,22). The van der Waals surface area contributed by atoms with Crippen molar-refractivity contribution >= 4 is 11.6 Å². The number of nitrogens with zero attached hydrogens (tertiary/aromatic N) is 2. The molecule has 5 heteroatoms. The van der Waals surface area contributed by atoms with Gasteiger partial charge in [-0.05, 0) is 45.1 Å². The zero-order chi connectivity index (χ0) is 15.5. The lowest BCUT2D eigenvalue weighted by Crippen LogP contribution is -2.21. The molecule has 5 nitrogen and oxygen atoms in total. The van der Waals surface area contributed by atoms with E-state index in [1.165, 1.54) is 5.56 Å². The van der Waals surface area contributed by atoms with Gasteiger partial charge in [-0.2, -0.15) is 10.2 Å². The largest absolute Gasteiger partial charge is 0.292 e. The summed E-state index contributed by atoms with van der Waals surface area (Å²) in [6.07, 6.45) is 4.15. The molecule has 2 aromatic rings. The number of hydrogen-bond donors (Lipinski definition) is 2. The third kappa shape index (κ3) is 2.93. The van der Waals surface area contributed by atoms with Crippen molar-refractivity contribution in [2.24, 2.45) is 5.10 Å². The molecule has 0 spiro atoms. The fraction of sp³-hybridized carbons (Fsp3) is 0.353. The summed E-state index contributed by atoms with van der Waals surface area (Å²) in [7, 11) is 0. The molecule has 1 aliphatic rings. The summed E-state index contributed by atoms with van der Waals surface area (Å²) in [4.78, 5) is 12.3. The normalized spacial score (nSPS) is 14.5. The summed E-state index contributed by atoms with van der Waals surface area (Å²) < 4.78 is 0. The molecule has 0 saturated heterocycles. The Morgan fingerprint density at radius 2 is 1.95 bits per heavy atom. The zero-order valence-corrected chi connectivity index (χ0v) is 12.9. The van der Waals surface area contributed by atoms with Crippen LogP contribution in [0.25, 0.3) is 0 Å². The molecule has 1 amide bonds. The number of fused-ring (bicyclic) bond motifs is 1. The number of nitrogens with one attached hydrogen (secondary N) is 2. The summed E-state index contributed by atoms with van der Waals surface area (Å²) >= 11 is 0. The number of rotatable bonds is 3. The fourth-order valence-electron chi connectivity index (χ4n) is 2.72. The Hall–Kier alpha value is -2.43. The third-order valence-corrected chi connectivity index (χ3v) is 4.07. The van der Waals surface area contributed by atoms with E-state index >= 15 is 0 Å². The second-order valence-electron chi connectivity index (χ2n) is 5.74. The molecule has 1 heterocycles. The monoisotopic (exact) mass is 296 g/mol. The number of H-pyrrole nitrogens is 1. The van der Waals surface area contributed by atoms with Crippen LogP contribution < -0.4 is 5.43 Å². The number of hydrogen-bond acceptors (Lipinski definition) is 3. The van der Waals surface area contributed by atoms with Crippen molar-refractivity contribution in [1.29, 1.82) is 0 Å². The van der Waals surface area contributed by atoms with Gasteiger partial charge in [0.25, 0.3) is 5.91 Å². The van der Waals surface area contributed by atoms with Gasteiger partial charge in [0, 0.05) is 11.3 Å². The van der Waals surface area contributed by atoms with Crippen LogP contribution in [0.15, 0.2) is 29.4 Å². The van der Waals surface area contributed by atoms with Gasteiger partial charge in [-0.3, -0.25) is 9.89 Å². The molecule has 114 valence electrons. The van der Waals surface area contributed by atoms with Crippen LogP contribution >= 0.6 is 0 Å². The van der Waals surface area contributed by atoms with Crippen molar-refractivity contribution in [3.05, 3.63) is 52.3 Å². The number of benzene rings is 1. The minimum atomic E-state index is -0.245. The number of aryl methyl sites for hydroxylation is 2. The molecule has 0 radical (unpaired) electrons. The summed E-state index contributed by atoms with van der Waals surface area (Å²) in [6, 6.07) is 8.05. The van der Waals surface area contributed by atoms with E-state index in [1.807, 2.05) is 38.1 Å². The average Bonchev–Trinajstić information content (AvgIpc) is 2.97. The molecule has 3 rings (SSSR count). The minimum absolute atomic E-state index is 0.245. The Bertz CT molecular complexity index is 713. The second-order valence-corrected chi connectivity index (χ2v) is 5.74. The lowest BCUT2D eigenvalue weighted by atomic mass is 9.96. The summed E-state index contributed by atoms with van der Waals surface area (Å²) in [5, 5.41) is 11.3. The predicted molar refractivity (Wildman–Crippen MR) is 86.1 cm³/mol. The van der Waals surface area contributed by atoms with Crippen molar-refractivity contribution in [2.45, 2.75) is 39.5 Å². The first-order valence-electron chi connectivity index (χ1n) is 7.63. The van der Waals surface area contributed by atoms with E-state index < -0.39 is 0 Å². The van der Waals surface area contributed by atoms with Crippen molar-refractivity contribution in [2.75, 3.05) is 0 Å². The highest BCUT2D eigenvalue weighted by Gasteiger charge is 2.21. The van der Waals surface area contributed by atoms with Crippen LogP contribution in [-0.2, 0) is 12.8 Å². The number of carbonyl (C=O) groups is 1. The molecular formula is C17H20N4O. The summed E-state index contributed by atoms with van der Waals surface area (Å²) in [6.45, 7) is 3.92. The molecule has 0 aliphatic heterocycles. The second kappa shape index (κ2) is 6.13. The van der Waals surface area contributed by atoms with Crippen LogP contribution in [0.4, 0.5) is 0 Å². The lowest BCUT2D eigenvalue weighted by molar-refractivity contribution is 0.0949. The van der Waals surface area contributed by atoms with Gasteiger partial charge >= 0.3 is 0 Å². The highest BCUT2D eigenvalue weighted by molar-refractivity contribution is 6.00. The topological polar surface area (TPSA) is 70.1 Å². The van der Waals surface area contributed by atoms with E-state index in [4.69, 9.17) is 0 Å². The van der Waals surface area contributed by atoms with Gasteiger partial charge in [0.2, 0.25) is 0 Å². The van der Waals surface area contributed by atoms with E-state index in [2.05, 4.69) is 20.7 Å². The van der Waals surface area contributed by atoms with Crippen molar-refractivity contribution in [3.8, 4) is 0 Å². The Kier molecular flexibility index (Phi) is 4.04. The molecule has 22 heavy (non-hydrogen) atoms. The molecule has 2 N–H and O–H groups in total. The first kappa shape index (κ1) is 14.5. The van der Waals surface area contributed by atoms with Gasteiger partial charge in [-0.25, -0.2) is 5.43 Å². The molecule has 1 aliphatic carbocycles. The Labute approximate surface area is 129 Å². The van der Waals surface area contributed by atoms with Crippen LogP contribution in [0.5, 0.6) is 0 Å². The van der Waals surface area contributed by atoms with Gasteiger partial charge in [0.05, 0.1) is 5.71 Å². The van der Waals surface area contributed by atoms with E-state index in [0.717, 1.165) is 48.2 Å². The molecule has 1 aromatic heterocycles. The van der Waals surface area contributed by atoms with Crippen LogP contribution in [0.3, 0.4) is 0 Å². The van der Waals surface area contributed by atoms with Crippen molar-refractivity contribution in [1.82, 2.24) is 15.6 Å². The van der Waals surface area contributed by atoms with Gasteiger partial charge in [0.15, 0.2) is 5.69 Å². The third-order valence-electron chi connectivity index (χ3n) is 4.07. The Morgan fingerprint density at radius 1 is 1.23 bits per heavy atom. The Balaban J connectivity index is 1.73. The van der Waals surface area contributed by atoms with Gasteiger partial charge in [0.1, 0.15) is 0 Å². The maximum absolute atomic E-state index is 12.3. The summed E-state index contributed by atoms with van der Waals surface area (Å²) in [5.41, 5.74) is 8.21. The molecule has 0 fully saturated rings. The quantitative estimate of drug-likeness (QED) is 0.675. The van der Waals surface area contributed by atoms with E-state index in [9.17, 15) is 4.79 Å². The van der Waals surface area contributed by atoms with E-state index in [-0.39, 0.29) is 5.91 Å². The van der Waals surface area contributed by atoms with Crippen molar-refractivity contribution < 1.29 is 4.79 Å². The van der Waals surface area contributed by atoms with Gasteiger partial charge in [-0.1, -0.05) is 29.8 Å². The molecule has 0 bridgehead atoms. The molecule has 1 aromatic carbocycles. The highest BCUT2D eigenvalue weighted by Crippen LogP contribution is 2.21. The van der Waals surface area contributed by atoms with Crippen LogP contribution in [0, 0.1) is 6.92 Å². The zero-order valence-electron chi connectivity index (χ0n) is 12.9. The Morgan fingerprint density at radius 3 is 2.73 bits per heavy atom. The van der Waals surface area contributed by atoms with Crippen molar-refractivity contribution in [3.63, 3.8) is 0 Å². The van der Waals surface area contributed by atoms with E-state index in [1.54, 1.807) is 0 Å². The first-order chi connectivity index (χ1) is 10.6. The minimum Gasteiger partial charge on any atom is -0.281 e. The number of aromatic amines is 1.